The largest absolute Gasteiger partial charge is 0.463 e. The molecule has 1 N–H and O–H groups in total. The average molecular weight is 227 g/mol. The first-order valence-corrected chi connectivity index (χ1v) is 4.06. The van der Waals surface area contributed by atoms with E-state index in [1.807, 2.05) is 0 Å². The van der Waals surface area contributed by atoms with Crippen LogP contribution in [0.15, 0.2) is 0 Å². The molecule has 1 heterocycles. The molecule has 0 aliphatic carbocycles. The molecule has 1 aliphatic rings. The predicted octanol–water partition coefficient (Wildman–Crippen LogP) is 0.589. The van der Waals surface area contributed by atoms with Gasteiger partial charge >= 0.3 is 18.2 Å². The fraction of sp³-hybridized carbons (Fsp3) is 0.714. The van der Waals surface area contributed by atoms with Crippen LogP contribution < -0.4 is 5.32 Å². The fourth-order valence-corrected chi connectivity index (χ4v) is 1.08. The number of hydrogen-bond donors (Lipinski definition) is 1. The highest BCUT2D eigenvalue weighted by Crippen LogP contribution is 2.27. The summed E-state index contributed by atoms with van der Waals surface area (Å²) in [7, 11) is 0. The molecule has 0 radical (unpaired) electrons. The highest BCUT2D eigenvalue weighted by atomic mass is 19.4. The second-order valence-electron chi connectivity index (χ2n) is 2.74. The standard InChI is InChI=1S/C7H8F3NO4/c1-2-14-5(12)3-4(7(8,9)10)11-6(13)15-3/h3-4H,2H2,1H3,(H,11,13). The average Bonchev–Trinajstić information content (AvgIpc) is 2.47. The van der Waals surface area contributed by atoms with Gasteiger partial charge in [-0.15, -0.1) is 0 Å². The summed E-state index contributed by atoms with van der Waals surface area (Å²) in [6.45, 7) is 1.35. The molecule has 0 bridgehead atoms. The van der Waals surface area contributed by atoms with Gasteiger partial charge < -0.3 is 14.8 Å². The number of ether oxygens (including phenoxy) is 2. The molecule has 2 atom stereocenters. The lowest BCUT2D eigenvalue weighted by Gasteiger charge is -2.17. The molecule has 1 fully saturated rings. The molecule has 1 aliphatic heterocycles. The van der Waals surface area contributed by atoms with E-state index < -0.39 is 30.4 Å². The number of carbonyl (C=O) groups is 2. The summed E-state index contributed by atoms with van der Waals surface area (Å²) in [4.78, 5) is 21.6. The molecule has 0 aromatic heterocycles. The first-order chi connectivity index (χ1) is 6.86. The number of hydrogen-bond acceptors (Lipinski definition) is 4. The van der Waals surface area contributed by atoms with Crippen molar-refractivity contribution >= 4 is 12.1 Å². The minimum absolute atomic E-state index is 0.0859. The molecule has 0 saturated carbocycles. The van der Waals surface area contributed by atoms with E-state index in [9.17, 15) is 22.8 Å². The summed E-state index contributed by atoms with van der Waals surface area (Å²) in [6.07, 6.45) is -7.99. The molecule has 1 amide bonds. The number of rotatable bonds is 2. The summed E-state index contributed by atoms with van der Waals surface area (Å²) in [6, 6.07) is -2.34. The van der Waals surface area contributed by atoms with Crippen LogP contribution in [0.1, 0.15) is 6.92 Å². The minimum atomic E-state index is -4.75. The van der Waals surface area contributed by atoms with Gasteiger partial charge in [-0.1, -0.05) is 0 Å². The quantitative estimate of drug-likeness (QED) is 0.701. The maximum Gasteiger partial charge on any atom is 0.413 e. The van der Waals surface area contributed by atoms with Crippen LogP contribution in [0, 0.1) is 0 Å². The molecule has 1 rings (SSSR count). The fourth-order valence-electron chi connectivity index (χ4n) is 1.08. The smallest absolute Gasteiger partial charge is 0.413 e. The van der Waals surface area contributed by atoms with Crippen LogP contribution in [0.5, 0.6) is 0 Å². The van der Waals surface area contributed by atoms with Crippen molar-refractivity contribution in [2.45, 2.75) is 25.2 Å². The zero-order valence-electron chi connectivity index (χ0n) is 7.63. The minimum Gasteiger partial charge on any atom is -0.463 e. The molecular formula is C7H8F3NO4. The molecule has 1 saturated heterocycles. The summed E-state index contributed by atoms with van der Waals surface area (Å²) in [5.41, 5.74) is 0. The molecule has 15 heavy (non-hydrogen) atoms. The second kappa shape index (κ2) is 3.95. The zero-order chi connectivity index (χ0) is 11.6. The summed E-state index contributed by atoms with van der Waals surface area (Å²) in [5, 5.41) is 1.50. The number of carbonyl (C=O) groups excluding carboxylic acids is 2. The number of alkyl halides is 3. The number of nitrogens with one attached hydrogen (secondary N) is 1. The molecule has 8 heteroatoms. The van der Waals surface area contributed by atoms with Crippen LogP contribution in [-0.4, -0.2) is 37.0 Å². The highest BCUT2D eigenvalue weighted by molar-refractivity contribution is 5.83. The Kier molecular flexibility index (Phi) is 3.06. The van der Waals surface area contributed by atoms with Gasteiger partial charge in [0.05, 0.1) is 6.61 Å². The van der Waals surface area contributed by atoms with E-state index in [4.69, 9.17) is 0 Å². The lowest BCUT2D eigenvalue weighted by Crippen LogP contribution is -2.48. The van der Waals surface area contributed by atoms with E-state index in [1.54, 1.807) is 0 Å². The van der Waals surface area contributed by atoms with Crippen molar-refractivity contribution in [3.63, 3.8) is 0 Å². The van der Waals surface area contributed by atoms with Crippen molar-refractivity contribution in [2.24, 2.45) is 0 Å². The van der Waals surface area contributed by atoms with Gasteiger partial charge in [-0.2, -0.15) is 13.2 Å². The van der Waals surface area contributed by atoms with Crippen molar-refractivity contribution in [3.8, 4) is 0 Å². The lowest BCUT2D eigenvalue weighted by molar-refractivity contribution is -0.179. The second-order valence-corrected chi connectivity index (χ2v) is 2.74. The number of esters is 1. The first-order valence-electron chi connectivity index (χ1n) is 4.06. The normalized spacial score (nSPS) is 25.7. The van der Waals surface area contributed by atoms with E-state index in [0.29, 0.717) is 0 Å². The zero-order valence-corrected chi connectivity index (χ0v) is 7.63. The van der Waals surface area contributed by atoms with Gasteiger partial charge in [0.25, 0.3) is 0 Å². The van der Waals surface area contributed by atoms with Crippen molar-refractivity contribution in [1.82, 2.24) is 5.32 Å². The van der Waals surface area contributed by atoms with Gasteiger partial charge in [0.1, 0.15) is 0 Å². The maximum atomic E-state index is 12.3. The molecule has 0 spiro atoms. The molecule has 0 aromatic carbocycles. The summed E-state index contributed by atoms with van der Waals surface area (Å²) >= 11 is 0. The van der Waals surface area contributed by atoms with Crippen LogP contribution in [0.25, 0.3) is 0 Å². The van der Waals surface area contributed by atoms with Gasteiger partial charge in [-0.3, -0.25) is 0 Å². The third-order valence-corrected chi connectivity index (χ3v) is 1.68. The molecular weight excluding hydrogens is 219 g/mol. The number of alkyl carbamates (subject to hydrolysis) is 1. The predicted molar refractivity (Wildman–Crippen MR) is 39.9 cm³/mol. The Bertz CT molecular complexity index is 278. The van der Waals surface area contributed by atoms with E-state index >= 15 is 0 Å². The molecule has 86 valence electrons. The van der Waals surface area contributed by atoms with E-state index in [0.717, 1.165) is 0 Å². The molecule has 5 nitrogen and oxygen atoms in total. The molecule has 2 unspecified atom stereocenters. The van der Waals surface area contributed by atoms with Crippen molar-refractivity contribution in [2.75, 3.05) is 6.61 Å². The van der Waals surface area contributed by atoms with E-state index in [-0.39, 0.29) is 6.61 Å². The summed E-state index contributed by atoms with van der Waals surface area (Å²) < 4.78 is 45.4. The maximum absolute atomic E-state index is 12.3. The highest BCUT2D eigenvalue weighted by Gasteiger charge is 2.55. The Balaban J connectivity index is 2.77. The first kappa shape index (κ1) is 11.6. The van der Waals surface area contributed by atoms with Gasteiger partial charge in [0, 0.05) is 0 Å². The molecule has 0 aromatic rings. The number of amides is 1. The Hall–Kier alpha value is -1.47. The van der Waals surface area contributed by atoms with Gasteiger partial charge in [0.15, 0.2) is 6.04 Å². The lowest BCUT2D eigenvalue weighted by atomic mass is 10.1. The van der Waals surface area contributed by atoms with Crippen LogP contribution in [0.2, 0.25) is 0 Å². The van der Waals surface area contributed by atoms with Crippen molar-refractivity contribution < 1.29 is 32.2 Å². The van der Waals surface area contributed by atoms with E-state index in [1.165, 1.54) is 12.2 Å². The van der Waals surface area contributed by atoms with Crippen LogP contribution in [0.3, 0.4) is 0 Å². The Morgan fingerprint density at radius 3 is 2.67 bits per heavy atom. The Morgan fingerprint density at radius 2 is 2.20 bits per heavy atom. The monoisotopic (exact) mass is 227 g/mol. The number of cyclic esters (lactones) is 1. The van der Waals surface area contributed by atoms with Crippen LogP contribution in [0.4, 0.5) is 18.0 Å². The van der Waals surface area contributed by atoms with Gasteiger partial charge in [0.2, 0.25) is 6.10 Å². The topological polar surface area (TPSA) is 64.6 Å². The SMILES string of the molecule is CCOC(=O)C1OC(=O)NC1C(F)(F)F. The summed E-state index contributed by atoms with van der Waals surface area (Å²) in [5.74, 6) is -1.21. The Morgan fingerprint density at radius 1 is 1.60 bits per heavy atom. The van der Waals surface area contributed by atoms with Crippen LogP contribution in [-0.2, 0) is 14.3 Å². The third kappa shape index (κ3) is 2.51. The number of halogens is 3. The third-order valence-electron chi connectivity index (χ3n) is 1.68. The van der Waals surface area contributed by atoms with Gasteiger partial charge in [-0.05, 0) is 6.92 Å². The van der Waals surface area contributed by atoms with Gasteiger partial charge in [-0.25, -0.2) is 9.59 Å². The van der Waals surface area contributed by atoms with Crippen LogP contribution >= 0.6 is 0 Å². The van der Waals surface area contributed by atoms with Crippen molar-refractivity contribution in [3.05, 3.63) is 0 Å². The Labute approximate surface area is 82.5 Å². The van der Waals surface area contributed by atoms with Crippen molar-refractivity contribution in [1.29, 1.82) is 0 Å². The van der Waals surface area contributed by atoms with E-state index in [2.05, 4.69) is 9.47 Å².